The van der Waals surface area contributed by atoms with E-state index < -0.39 is 0 Å². The summed E-state index contributed by atoms with van der Waals surface area (Å²) in [6.45, 7) is 0.467. The highest BCUT2D eigenvalue weighted by Gasteiger charge is 2.07. The van der Waals surface area contributed by atoms with Gasteiger partial charge in [0.05, 0.1) is 18.3 Å². The fraction of sp³-hybridized carbons (Fsp3) is 0.125. The second kappa shape index (κ2) is 5.16. The molecule has 96 valence electrons. The average Bonchev–Trinajstić information content (AvgIpc) is 2.94. The molecule has 0 amide bonds. The van der Waals surface area contributed by atoms with Crippen LogP contribution in [0.1, 0.15) is 11.1 Å². The first-order valence-corrected chi connectivity index (χ1v) is 6.14. The van der Waals surface area contributed by atoms with Gasteiger partial charge in [0.1, 0.15) is 17.9 Å². The molecule has 0 spiro atoms. The SMILES string of the molecule is OCc1cc(OCc2ccccc2)c2ccoc2c1. The first-order chi connectivity index (χ1) is 9.36. The van der Waals surface area contributed by atoms with Crippen molar-refractivity contribution in [1.82, 2.24) is 0 Å². The fourth-order valence-corrected chi connectivity index (χ4v) is 2.04. The second-order valence-electron chi connectivity index (χ2n) is 4.36. The number of aliphatic hydroxyl groups is 1. The predicted octanol–water partition coefficient (Wildman–Crippen LogP) is 3.50. The maximum absolute atomic E-state index is 9.25. The Hall–Kier alpha value is -2.26. The van der Waals surface area contributed by atoms with Gasteiger partial charge in [-0.2, -0.15) is 0 Å². The lowest BCUT2D eigenvalue weighted by atomic mass is 10.1. The Morgan fingerprint density at radius 2 is 1.84 bits per heavy atom. The summed E-state index contributed by atoms with van der Waals surface area (Å²) in [7, 11) is 0. The molecule has 3 rings (SSSR count). The van der Waals surface area contributed by atoms with E-state index in [1.54, 1.807) is 6.26 Å². The molecule has 0 fully saturated rings. The molecule has 0 radical (unpaired) electrons. The normalized spacial score (nSPS) is 10.8. The van der Waals surface area contributed by atoms with Crippen LogP contribution in [-0.2, 0) is 13.2 Å². The van der Waals surface area contributed by atoms with E-state index >= 15 is 0 Å². The second-order valence-corrected chi connectivity index (χ2v) is 4.36. The van der Waals surface area contributed by atoms with E-state index in [2.05, 4.69) is 0 Å². The number of ether oxygens (including phenoxy) is 1. The van der Waals surface area contributed by atoms with Crippen molar-refractivity contribution in [3.63, 3.8) is 0 Å². The van der Waals surface area contributed by atoms with Gasteiger partial charge in [-0.1, -0.05) is 30.3 Å². The zero-order chi connectivity index (χ0) is 13.1. The molecule has 0 bridgehead atoms. The van der Waals surface area contributed by atoms with Crippen molar-refractivity contribution in [3.05, 3.63) is 65.9 Å². The zero-order valence-electron chi connectivity index (χ0n) is 10.4. The quantitative estimate of drug-likeness (QED) is 0.774. The van der Waals surface area contributed by atoms with Crippen molar-refractivity contribution >= 4 is 11.0 Å². The number of hydrogen-bond acceptors (Lipinski definition) is 3. The van der Waals surface area contributed by atoms with Crippen LogP contribution in [0.2, 0.25) is 0 Å². The van der Waals surface area contributed by atoms with Crippen LogP contribution in [0.25, 0.3) is 11.0 Å². The minimum Gasteiger partial charge on any atom is -0.488 e. The molecular weight excluding hydrogens is 240 g/mol. The van der Waals surface area contributed by atoms with Crippen LogP contribution in [0.5, 0.6) is 5.75 Å². The molecule has 1 heterocycles. The first kappa shape index (κ1) is 11.8. The summed E-state index contributed by atoms with van der Waals surface area (Å²) in [6.07, 6.45) is 1.63. The van der Waals surface area contributed by atoms with Gasteiger partial charge in [0.15, 0.2) is 0 Å². The third-order valence-corrected chi connectivity index (χ3v) is 3.01. The van der Waals surface area contributed by atoms with E-state index in [0.29, 0.717) is 6.61 Å². The highest BCUT2D eigenvalue weighted by atomic mass is 16.5. The number of fused-ring (bicyclic) bond motifs is 1. The molecule has 0 unspecified atom stereocenters. The standard InChI is InChI=1S/C16H14O3/c17-10-13-8-15-14(6-7-18-15)16(9-13)19-11-12-4-2-1-3-5-12/h1-9,17H,10-11H2. The lowest BCUT2D eigenvalue weighted by Crippen LogP contribution is -1.96. The van der Waals surface area contributed by atoms with E-state index in [1.807, 2.05) is 48.5 Å². The number of hydrogen-bond donors (Lipinski definition) is 1. The van der Waals surface area contributed by atoms with E-state index in [0.717, 1.165) is 27.8 Å². The number of furan rings is 1. The topological polar surface area (TPSA) is 42.6 Å². The Balaban J connectivity index is 1.89. The molecule has 0 atom stereocenters. The van der Waals surface area contributed by atoms with Crippen LogP contribution in [0.4, 0.5) is 0 Å². The van der Waals surface area contributed by atoms with Crippen LogP contribution < -0.4 is 4.74 Å². The van der Waals surface area contributed by atoms with Crippen LogP contribution >= 0.6 is 0 Å². The summed E-state index contributed by atoms with van der Waals surface area (Å²) >= 11 is 0. The van der Waals surface area contributed by atoms with Gasteiger partial charge in [-0.25, -0.2) is 0 Å². The van der Waals surface area contributed by atoms with Gasteiger partial charge in [-0.3, -0.25) is 0 Å². The molecular formula is C16H14O3. The monoisotopic (exact) mass is 254 g/mol. The summed E-state index contributed by atoms with van der Waals surface area (Å²) in [5.74, 6) is 0.735. The molecule has 3 nitrogen and oxygen atoms in total. The van der Waals surface area contributed by atoms with Crippen molar-refractivity contribution in [2.75, 3.05) is 0 Å². The summed E-state index contributed by atoms with van der Waals surface area (Å²) < 4.78 is 11.2. The number of aliphatic hydroxyl groups excluding tert-OH is 1. The average molecular weight is 254 g/mol. The minimum absolute atomic E-state index is 0.0294. The molecule has 19 heavy (non-hydrogen) atoms. The van der Waals surface area contributed by atoms with Crippen LogP contribution in [0.3, 0.4) is 0 Å². The highest BCUT2D eigenvalue weighted by Crippen LogP contribution is 2.29. The summed E-state index contributed by atoms with van der Waals surface area (Å²) in [6, 6.07) is 15.5. The summed E-state index contributed by atoms with van der Waals surface area (Å²) in [5.41, 5.74) is 2.62. The van der Waals surface area contributed by atoms with Crippen molar-refractivity contribution in [1.29, 1.82) is 0 Å². The van der Waals surface area contributed by atoms with Crippen LogP contribution in [0.15, 0.2) is 59.2 Å². The van der Waals surface area contributed by atoms with Crippen molar-refractivity contribution in [3.8, 4) is 5.75 Å². The molecule has 0 aliphatic heterocycles. The van der Waals surface area contributed by atoms with E-state index in [1.165, 1.54) is 0 Å². The van der Waals surface area contributed by atoms with Crippen molar-refractivity contribution < 1.29 is 14.3 Å². The molecule has 0 aliphatic rings. The highest BCUT2D eigenvalue weighted by molar-refractivity contribution is 5.84. The first-order valence-electron chi connectivity index (χ1n) is 6.14. The zero-order valence-corrected chi connectivity index (χ0v) is 10.4. The van der Waals surface area contributed by atoms with Gasteiger partial charge < -0.3 is 14.3 Å². The van der Waals surface area contributed by atoms with Gasteiger partial charge >= 0.3 is 0 Å². The van der Waals surface area contributed by atoms with Crippen molar-refractivity contribution in [2.24, 2.45) is 0 Å². The molecule has 2 aromatic carbocycles. The molecule has 0 saturated heterocycles. The van der Waals surface area contributed by atoms with Gasteiger partial charge in [0, 0.05) is 0 Å². The maximum atomic E-state index is 9.25. The smallest absolute Gasteiger partial charge is 0.137 e. The largest absolute Gasteiger partial charge is 0.488 e. The number of rotatable bonds is 4. The van der Waals surface area contributed by atoms with Gasteiger partial charge in [-0.05, 0) is 29.3 Å². The number of benzene rings is 2. The Morgan fingerprint density at radius 1 is 1.00 bits per heavy atom. The predicted molar refractivity (Wildman–Crippen MR) is 72.9 cm³/mol. The fourth-order valence-electron chi connectivity index (χ4n) is 2.04. The molecule has 3 heteroatoms. The molecule has 1 N–H and O–H groups in total. The Morgan fingerprint density at radius 3 is 2.63 bits per heavy atom. The van der Waals surface area contributed by atoms with Gasteiger partial charge in [-0.15, -0.1) is 0 Å². The molecule has 1 aromatic heterocycles. The van der Waals surface area contributed by atoms with E-state index in [9.17, 15) is 5.11 Å². The molecule has 3 aromatic rings. The molecule has 0 saturated carbocycles. The Kier molecular flexibility index (Phi) is 3.21. The lowest BCUT2D eigenvalue weighted by molar-refractivity contribution is 0.278. The van der Waals surface area contributed by atoms with Crippen molar-refractivity contribution in [2.45, 2.75) is 13.2 Å². The Labute approximate surface area is 111 Å². The maximum Gasteiger partial charge on any atom is 0.137 e. The van der Waals surface area contributed by atoms with E-state index in [-0.39, 0.29) is 6.61 Å². The Bertz CT molecular complexity index is 671. The molecule has 0 aliphatic carbocycles. The summed E-state index contributed by atoms with van der Waals surface area (Å²) in [4.78, 5) is 0. The summed E-state index contributed by atoms with van der Waals surface area (Å²) in [5, 5.41) is 10.2. The van der Waals surface area contributed by atoms with Crippen LogP contribution in [-0.4, -0.2) is 5.11 Å². The van der Waals surface area contributed by atoms with Gasteiger partial charge in [0.25, 0.3) is 0 Å². The minimum atomic E-state index is -0.0294. The van der Waals surface area contributed by atoms with Gasteiger partial charge in [0.2, 0.25) is 0 Å². The third kappa shape index (κ3) is 2.46. The lowest BCUT2D eigenvalue weighted by Gasteiger charge is -2.08. The van der Waals surface area contributed by atoms with Crippen LogP contribution in [0, 0.1) is 0 Å². The third-order valence-electron chi connectivity index (χ3n) is 3.01. The van der Waals surface area contributed by atoms with E-state index in [4.69, 9.17) is 9.15 Å².